The molecule has 0 radical (unpaired) electrons. The molecule has 0 heterocycles. The van der Waals surface area contributed by atoms with E-state index in [1.807, 2.05) is 0 Å². The largest absolute Gasteiger partial charge is 0.481 e. The maximum absolute atomic E-state index is 11.7. The van der Waals surface area contributed by atoms with Crippen LogP contribution in [0.15, 0.2) is 24.3 Å². The van der Waals surface area contributed by atoms with E-state index in [4.69, 9.17) is 5.11 Å². The third kappa shape index (κ3) is 5.94. The maximum Gasteiger partial charge on any atom is 0.328 e. The number of ether oxygens (including phenoxy) is 1. The Morgan fingerprint density at radius 1 is 1.33 bits per heavy atom. The number of aliphatic carboxylic acids is 1. The smallest absolute Gasteiger partial charge is 0.328 e. The minimum absolute atomic E-state index is 0.0228. The van der Waals surface area contributed by atoms with E-state index >= 15 is 0 Å². The van der Waals surface area contributed by atoms with Crippen molar-refractivity contribution in [1.29, 1.82) is 0 Å². The number of hydrogen-bond acceptors (Lipinski definition) is 4. The fraction of sp³-hybridized carbons (Fsp3) is 0.357. The molecule has 2 amide bonds. The van der Waals surface area contributed by atoms with Gasteiger partial charge in [-0.25, -0.2) is 9.59 Å². The summed E-state index contributed by atoms with van der Waals surface area (Å²) in [5, 5.41) is 13.6. The molecular formula is C14H18N2O5. The van der Waals surface area contributed by atoms with Crippen molar-refractivity contribution in [2.75, 3.05) is 12.4 Å². The number of anilines is 1. The minimum atomic E-state index is -0.877. The van der Waals surface area contributed by atoms with E-state index in [1.54, 1.807) is 24.3 Å². The van der Waals surface area contributed by atoms with Gasteiger partial charge in [-0.2, -0.15) is 0 Å². The van der Waals surface area contributed by atoms with Gasteiger partial charge in [0, 0.05) is 12.1 Å². The number of rotatable bonds is 6. The van der Waals surface area contributed by atoms with Gasteiger partial charge in [-0.1, -0.05) is 12.1 Å². The van der Waals surface area contributed by atoms with Gasteiger partial charge in [-0.05, 0) is 31.0 Å². The van der Waals surface area contributed by atoms with Gasteiger partial charge < -0.3 is 20.5 Å². The first-order chi connectivity index (χ1) is 9.92. The monoisotopic (exact) mass is 294 g/mol. The number of carboxylic acid groups (broad SMARTS) is 1. The Kier molecular flexibility index (Phi) is 6.19. The van der Waals surface area contributed by atoms with Crippen LogP contribution in [0.3, 0.4) is 0 Å². The molecule has 0 saturated carbocycles. The van der Waals surface area contributed by atoms with E-state index in [1.165, 1.54) is 14.0 Å². The molecule has 114 valence electrons. The predicted octanol–water partition coefficient (Wildman–Crippen LogP) is 1.39. The van der Waals surface area contributed by atoms with Gasteiger partial charge in [-0.3, -0.25) is 4.79 Å². The highest BCUT2D eigenvalue weighted by Gasteiger charge is 2.15. The van der Waals surface area contributed by atoms with Gasteiger partial charge in [0.15, 0.2) is 0 Å². The Bertz CT molecular complexity index is 530. The van der Waals surface area contributed by atoms with Crippen LogP contribution in [0, 0.1) is 0 Å². The highest BCUT2D eigenvalue weighted by molar-refractivity contribution is 5.92. The maximum atomic E-state index is 11.7. The highest BCUT2D eigenvalue weighted by atomic mass is 16.5. The number of nitrogens with one attached hydrogen (secondary N) is 2. The van der Waals surface area contributed by atoms with Crippen LogP contribution in [0.4, 0.5) is 10.5 Å². The summed E-state index contributed by atoms with van der Waals surface area (Å²) in [6, 6.07) is 5.56. The number of carbonyl (C=O) groups is 3. The summed E-state index contributed by atoms with van der Waals surface area (Å²) in [4.78, 5) is 33.4. The summed E-state index contributed by atoms with van der Waals surface area (Å²) in [5.41, 5.74) is 1.32. The summed E-state index contributed by atoms with van der Waals surface area (Å²) < 4.78 is 4.50. The van der Waals surface area contributed by atoms with Crippen LogP contribution in [0.1, 0.15) is 18.9 Å². The lowest BCUT2D eigenvalue weighted by Crippen LogP contribution is -2.41. The molecule has 1 rings (SSSR count). The molecule has 7 nitrogen and oxygen atoms in total. The van der Waals surface area contributed by atoms with E-state index < -0.39 is 24.0 Å². The number of methoxy groups -OCH3 is 1. The molecule has 21 heavy (non-hydrogen) atoms. The standard InChI is InChI=1S/C14H18N2O5/c1-9(13(19)21-2)15-14(20)16-11-5-3-4-10(8-11)6-7-12(17)18/h3-5,8-9H,6-7H2,1-2H3,(H,17,18)(H2,15,16,20). The van der Waals surface area contributed by atoms with Crippen molar-refractivity contribution in [1.82, 2.24) is 5.32 Å². The minimum Gasteiger partial charge on any atom is -0.481 e. The fourth-order valence-corrected chi connectivity index (χ4v) is 1.66. The molecular weight excluding hydrogens is 276 g/mol. The average Bonchev–Trinajstić information content (AvgIpc) is 2.44. The molecule has 0 bridgehead atoms. The van der Waals surface area contributed by atoms with Gasteiger partial charge in [0.1, 0.15) is 6.04 Å². The third-order valence-corrected chi connectivity index (χ3v) is 2.71. The first-order valence-electron chi connectivity index (χ1n) is 6.38. The van der Waals surface area contributed by atoms with Gasteiger partial charge in [-0.15, -0.1) is 0 Å². The lowest BCUT2D eigenvalue weighted by Gasteiger charge is -2.13. The van der Waals surface area contributed by atoms with E-state index in [0.717, 1.165) is 5.56 Å². The van der Waals surface area contributed by atoms with Crippen LogP contribution < -0.4 is 10.6 Å². The summed E-state index contributed by atoms with van der Waals surface area (Å²) in [6.45, 7) is 1.51. The molecule has 1 aromatic carbocycles. The molecule has 0 fully saturated rings. The van der Waals surface area contributed by atoms with Crippen molar-refractivity contribution in [3.05, 3.63) is 29.8 Å². The van der Waals surface area contributed by atoms with Crippen molar-refractivity contribution in [2.45, 2.75) is 25.8 Å². The molecule has 0 spiro atoms. The number of benzene rings is 1. The fourth-order valence-electron chi connectivity index (χ4n) is 1.66. The van der Waals surface area contributed by atoms with Crippen LogP contribution in [-0.4, -0.2) is 36.2 Å². The second-order valence-electron chi connectivity index (χ2n) is 4.44. The first kappa shape index (κ1) is 16.5. The molecule has 1 unspecified atom stereocenters. The van der Waals surface area contributed by atoms with E-state index in [0.29, 0.717) is 12.1 Å². The van der Waals surface area contributed by atoms with E-state index in [-0.39, 0.29) is 6.42 Å². The van der Waals surface area contributed by atoms with Crippen LogP contribution in [0.5, 0.6) is 0 Å². The quantitative estimate of drug-likeness (QED) is 0.688. The second-order valence-corrected chi connectivity index (χ2v) is 4.44. The Labute approximate surface area is 122 Å². The molecule has 0 aromatic heterocycles. The SMILES string of the molecule is COC(=O)C(C)NC(=O)Nc1cccc(CCC(=O)O)c1. The van der Waals surface area contributed by atoms with Crippen molar-refractivity contribution < 1.29 is 24.2 Å². The summed E-state index contributed by atoms with van der Waals surface area (Å²) in [7, 11) is 1.24. The Morgan fingerprint density at radius 2 is 2.05 bits per heavy atom. The zero-order chi connectivity index (χ0) is 15.8. The van der Waals surface area contributed by atoms with E-state index in [9.17, 15) is 14.4 Å². The number of amides is 2. The average molecular weight is 294 g/mol. The van der Waals surface area contributed by atoms with E-state index in [2.05, 4.69) is 15.4 Å². The lowest BCUT2D eigenvalue weighted by atomic mass is 10.1. The Morgan fingerprint density at radius 3 is 2.67 bits per heavy atom. The zero-order valence-electron chi connectivity index (χ0n) is 11.9. The van der Waals surface area contributed by atoms with Gasteiger partial charge >= 0.3 is 18.0 Å². The summed E-state index contributed by atoms with van der Waals surface area (Å²) in [5.74, 6) is -1.42. The topological polar surface area (TPSA) is 105 Å². The molecule has 0 aliphatic carbocycles. The number of aryl methyl sites for hydroxylation is 1. The number of carbonyl (C=O) groups excluding carboxylic acids is 2. The molecule has 7 heteroatoms. The Hall–Kier alpha value is -2.57. The van der Waals surface area contributed by atoms with Crippen LogP contribution in [0.2, 0.25) is 0 Å². The number of urea groups is 1. The van der Waals surface area contributed by atoms with Crippen molar-refractivity contribution in [3.63, 3.8) is 0 Å². The molecule has 0 saturated heterocycles. The van der Waals surface area contributed by atoms with Gasteiger partial charge in [0.2, 0.25) is 0 Å². The molecule has 0 aliphatic heterocycles. The van der Waals surface area contributed by atoms with Crippen molar-refractivity contribution in [3.8, 4) is 0 Å². The lowest BCUT2D eigenvalue weighted by molar-refractivity contribution is -0.142. The van der Waals surface area contributed by atoms with Crippen LogP contribution in [0.25, 0.3) is 0 Å². The molecule has 1 aromatic rings. The second kappa shape index (κ2) is 7.88. The molecule has 1 atom stereocenters. The first-order valence-corrected chi connectivity index (χ1v) is 6.38. The summed E-state index contributed by atoms with van der Waals surface area (Å²) in [6.07, 6.45) is 0.403. The Balaban J connectivity index is 2.58. The summed E-state index contributed by atoms with van der Waals surface area (Å²) >= 11 is 0. The normalized spacial score (nSPS) is 11.3. The van der Waals surface area contributed by atoms with Gasteiger partial charge in [0.25, 0.3) is 0 Å². The highest BCUT2D eigenvalue weighted by Crippen LogP contribution is 2.12. The van der Waals surface area contributed by atoms with Crippen molar-refractivity contribution in [2.24, 2.45) is 0 Å². The van der Waals surface area contributed by atoms with Gasteiger partial charge in [0.05, 0.1) is 7.11 Å². The van der Waals surface area contributed by atoms with Crippen molar-refractivity contribution >= 4 is 23.7 Å². The molecule has 0 aliphatic rings. The number of hydrogen-bond donors (Lipinski definition) is 3. The van der Waals surface area contributed by atoms with Crippen LogP contribution in [-0.2, 0) is 20.7 Å². The predicted molar refractivity (Wildman–Crippen MR) is 76.0 cm³/mol. The number of esters is 1. The number of carboxylic acids is 1. The zero-order valence-corrected chi connectivity index (χ0v) is 11.9. The van der Waals surface area contributed by atoms with Crippen LogP contribution >= 0.6 is 0 Å². The molecule has 3 N–H and O–H groups in total. The third-order valence-electron chi connectivity index (χ3n) is 2.71.